The smallest absolute Gasteiger partial charge is 0.331 e. The minimum Gasteiger partial charge on any atom is -0.494 e. The summed E-state index contributed by atoms with van der Waals surface area (Å²) in [6.45, 7) is 1.27. The summed E-state index contributed by atoms with van der Waals surface area (Å²) in [6.07, 6.45) is 7.33. The zero-order valence-corrected chi connectivity index (χ0v) is 20.1. The summed E-state index contributed by atoms with van der Waals surface area (Å²) in [5, 5.41) is 2.90. The predicted octanol–water partition coefficient (Wildman–Crippen LogP) is 7.18. The first-order chi connectivity index (χ1) is 16.2. The van der Waals surface area contributed by atoms with E-state index in [4.69, 9.17) is 4.74 Å². The van der Waals surface area contributed by atoms with Gasteiger partial charge < -0.3 is 10.1 Å². The van der Waals surface area contributed by atoms with Crippen LogP contribution in [0, 0.1) is 0 Å². The predicted molar refractivity (Wildman–Crippen MR) is 140 cm³/mol. The number of carbonyl (C=O) groups is 1. The van der Waals surface area contributed by atoms with Crippen molar-refractivity contribution in [2.45, 2.75) is 44.9 Å². The maximum atomic E-state index is 12.4. The molecule has 2 amide bonds. The average molecular weight is 463 g/mol. The van der Waals surface area contributed by atoms with Crippen LogP contribution in [0.25, 0.3) is 0 Å². The van der Waals surface area contributed by atoms with E-state index in [2.05, 4.69) is 72.7 Å². The first kappa shape index (κ1) is 24.7. The molecule has 0 unspecified atom stereocenters. The van der Waals surface area contributed by atoms with Crippen molar-refractivity contribution in [1.29, 1.82) is 0 Å². The van der Waals surface area contributed by atoms with Gasteiger partial charge in [0.15, 0.2) is 0 Å². The molecule has 0 bridgehead atoms. The number of unbranched alkanes of at least 4 members (excludes halogenated alkanes) is 3. The number of amides is 2. The van der Waals surface area contributed by atoms with Crippen molar-refractivity contribution in [3.05, 3.63) is 96.1 Å². The second-order valence-corrected chi connectivity index (χ2v) is 8.65. The molecule has 0 aromatic heterocycles. The number of rotatable bonds is 13. The zero-order chi connectivity index (χ0) is 23.1. The molecular weight excluding hydrogens is 428 g/mol. The average Bonchev–Trinajstić information content (AvgIpc) is 2.85. The number of urea groups is 1. The molecule has 4 nitrogen and oxygen atoms in total. The molecule has 0 aliphatic rings. The van der Waals surface area contributed by atoms with Crippen molar-refractivity contribution in [2.75, 3.05) is 18.5 Å². The normalized spacial score (nSPS) is 10.6. The maximum Gasteiger partial charge on any atom is 0.331 e. The number of ether oxygens (including phenoxy) is 1. The Hall–Kier alpha value is -2.92. The minimum absolute atomic E-state index is 0.226. The van der Waals surface area contributed by atoms with Gasteiger partial charge in [0.2, 0.25) is 0 Å². The molecule has 0 saturated carbocycles. The second kappa shape index (κ2) is 14.3. The number of hydrogen-bond acceptors (Lipinski definition) is 3. The van der Waals surface area contributed by atoms with Crippen molar-refractivity contribution in [1.82, 2.24) is 4.31 Å². The Kier molecular flexibility index (Phi) is 10.7. The summed E-state index contributed by atoms with van der Waals surface area (Å²) in [5.74, 6) is 0.768. The lowest BCUT2D eigenvalue weighted by atomic mass is 10.1. The Morgan fingerprint density at radius 1 is 0.758 bits per heavy atom. The first-order valence-corrected chi connectivity index (χ1v) is 12.2. The Labute approximate surface area is 203 Å². The molecule has 3 rings (SSSR count). The van der Waals surface area contributed by atoms with E-state index < -0.39 is 0 Å². The largest absolute Gasteiger partial charge is 0.494 e. The fourth-order valence-corrected chi connectivity index (χ4v) is 3.82. The van der Waals surface area contributed by atoms with Crippen LogP contribution in [-0.4, -0.2) is 23.5 Å². The summed E-state index contributed by atoms with van der Waals surface area (Å²) in [7, 11) is 0. The van der Waals surface area contributed by atoms with Crippen LogP contribution in [0.2, 0.25) is 0 Å². The molecule has 5 heteroatoms. The number of nitrogens with one attached hydrogen (secondary N) is 1. The van der Waals surface area contributed by atoms with Crippen LogP contribution in [0.5, 0.6) is 5.75 Å². The van der Waals surface area contributed by atoms with E-state index >= 15 is 0 Å². The van der Waals surface area contributed by atoms with Crippen LogP contribution in [0.3, 0.4) is 0 Å². The molecule has 0 heterocycles. The van der Waals surface area contributed by atoms with Crippen molar-refractivity contribution < 1.29 is 9.53 Å². The van der Waals surface area contributed by atoms with Crippen molar-refractivity contribution >= 4 is 24.5 Å². The zero-order valence-electron chi connectivity index (χ0n) is 19.2. The fourth-order valence-electron chi connectivity index (χ4n) is 3.63. The summed E-state index contributed by atoms with van der Waals surface area (Å²) >= 11 is 4.35. The molecule has 3 aromatic rings. The highest BCUT2D eigenvalue weighted by atomic mass is 32.1. The van der Waals surface area contributed by atoms with Gasteiger partial charge in [-0.1, -0.05) is 79.5 Å². The molecule has 0 aliphatic heterocycles. The second-order valence-electron chi connectivity index (χ2n) is 8.17. The molecule has 3 aromatic carbocycles. The number of benzene rings is 3. The van der Waals surface area contributed by atoms with Crippen LogP contribution >= 0.6 is 12.8 Å². The number of carbonyl (C=O) groups excluding carboxylic acids is 1. The molecule has 0 radical (unpaired) electrons. The molecule has 0 atom stereocenters. The van der Waals surface area contributed by atoms with Gasteiger partial charge in [0.25, 0.3) is 0 Å². The molecule has 174 valence electrons. The number of aryl methyl sites for hydroxylation is 2. The van der Waals surface area contributed by atoms with Gasteiger partial charge in [-0.05, 0) is 68.2 Å². The van der Waals surface area contributed by atoms with Gasteiger partial charge >= 0.3 is 6.03 Å². The van der Waals surface area contributed by atoms with Crippen molar-refractivity contribution in [3.63, 3.8) is 0 Å². The van der Waals surface area contributed by atoms with Gasteiger partial charge in [-0.3, -0.25) is 4.31 Å². The summed E-state index contributed by atoms with van der Waals surface area (Å²) in [5.41, 5.74) is 3.42. The number of nitrogens with zero attached hydrogens (tertiary/aromatic N) is 1. The van der Waals surface area contributed by atoms with Gasteiger partial charge in [-0.2, -0.15) is 0 Å². The van der Waals surface area contributed by atoms with Crippen LogP contribution in [0.15, 0.2) is 84.9 Å². The topological polar surface area (TPSA) is 41.6 Å². The van der Waals surface area contributed by atoms with Crippen molar-refractivity contribution in [2.24, 2.45) is 0 Å². The van der Waals surface area contributed by atoms with Crippen molar-refractivity contribution in [3.8, 4) is 5.75 Å². The Morgan fingerprint density at radius 3 is 2.06 bits per heavy atom. The third-order valence-corrected chi connectivity index (χ3v) is 5.85. The molecular formula is C28H34N2O2S. The SMILES string of the molecule is O=C(Nc1cccc(OCCCCCc2ccccc2)c1)N(S)CCCCc1ccccc1. The third kappa shape index (κ3) is 9.62. The van der Waals surface area contributed by atoms with Gasteiger partial charge in [0, 0.05) is 18.3 Å². The monoisotopic (exact) mass is 462 g/mol. The van der Waals surface area contributed by atoms with Crippen LogP contribution in [0.1, 0.15) is 43.2 Å². The van der Waals surface area contributed by atoms with E-state index in [9.17, 15) is 4.79 Å². The van der Waals surface area contributed by atoms with E-state index in [1.54, 1.807) is 0 Å². The van der Waals surface area contributed by atoms with E-state index in [-0.39, 0.29) is 6.03 Å². The van der Waals surface area contributed by atoms with Gasteiger partial charge in [-0.25, -0.2) is 4.79 Å². The lowest BCUT2D eigenvalue weighted by Crippen LogP contribution is -2.28. The Balaban J connectivity index is 1.30. The number of thiol groups is 1. The Morgan fingerprint density at radius 2 is 1.39 bits per heavy atom. The minimum atomic E-state index is -0.226. The first-order valence-electron chi connectivity index (χ1n) is 11.8. The van der Waals surface area contributed by atoms with E-state index in [1.165, 1.54) is 15.4 Å². The molecule has 0 aliphatic carbocycles. The highest BCUT2D eigenvalue weighted by Crippen LogP contribution is 2.19. The third-order valence-electron chi connectivity index (χ3n) is 5.47. The molecule has 1 N–H and O–H groups in total. The molecule has 0 fully saturated rings. The molecule has 0 spiro atoms. The number of hydrogen-bond donors (Lipinski definition) is 2. The van der Waals surface area contributed by atoms with E-state index in [1.807, 2.05) is 30.3 Å². The van der Waals surface area contributed by atoms with Gasteiger partial charge in [0.1, 0.15) is 5.75 Å². The van der Waals surface area contributed by atoms with Gasteiger partial charge in [-0.15, -0.1) is 0 Å². The molecule has 0 saturated heterocycles. The van der Waals surface area contributed by atoms with Crippen LogP contribution < -0.4 is 10.1 Å². The van der Waals surface area contributed by atoms with Crippen LogP contribution in [-0.2, 0) is 12.8 Å². The highest BCUT2D eigenvalue weighted by Gasteiger charge is 2.10. The standard InChI is InChI=1S/C28H34N2O2S/c31-28(30(33)21-10-9-18-25-15-6-2-7-16-25)29-26-19-12-20-27(23-26)32-22-11-3-8-17-24-13-4-1-5-14-24/h1-2,4-7,12-16,19-20,23,33H,3,8-11,17-18,21-22H2,(H,29,31). The quantitative estimate of drug-likeness (QED) is 0.209. The van der Waals surface area contributed by atoms with E-state index in [0.717, 1.165) is 50.7 Å². The summed E-state index contributed by atoms with van der Waals surface area (Å²) in [6, 6.07) is 28.3. The lowest BCUT2D eigenvalue weighted by Gasteiger charge is -2.17. The fraction of sp³-hybridized carbons (Fsp3) is 0.321. The molecule has 33 heavy (non-hydrogen) atoms. The summed E-state index contributed by atoms with van der Waals surface area (Å²) < 4.78 is 7.31. The lowest BCUT2D eigenvalue weighted by molar-refractivity contribution is 0.238. The maximum absolute atomic E-state index is 12.4. The Bertz CT molecular complexity index is 950. The van der Waals surface area contributed by atoms with E-state index in [0.29, 0.717) is 18.8 Å². The summed E-state index contributed by atoms with van der Waals surface area (Å²) in [4.78, 5) is 12.4. The highest BCUT2D eigenvalue weighted by molar-refractivity contribution is 7.78. The van der Waals surface area contributed by atoms with Gasteiger partial charge in [0.05, 0.1) is 6.61 Å². The van der Waals surface area contributed by atoms with Crippen LogP contribution in [0.4, 0.5) is 10.5 Å². The number of anilines is 1.